The zero-order chi connectivity index (χ0) is 57.8. The van der Waals surface area contributed by atoms with Crippen LogP contribution in [0.1, 0.15) is 185 Å². The fourth-order valence-electron chi connectivity index (χ4n) is 5.62. The van der Waals surface area contributed by atoms with E-state index in [4.69, 9.17) is 55.9 Å². The van der Waals surface area contributed by atoms with E-state index in [0.29, 0.717) is 98.2 Å². The van der Waals surface area contributed by atoms with E-state index in [1.54, 1.807) is 0 Å². The SMILES string of the molecule is C.C.C.C.C.C.C.C.C.C.C.C.C=C.CC(C)(C)[Si](C)(C)OCCOCC(COCCO[Si](C)(C)C(C)(C)C)OCCOCCNC(=O)CCN1C(=O)CC(SCCOCCOC(COCCO[Si](C)(C)C(C)(C)C)COO[Si](C)(C)C(C)(C)C)C1=O. The van der Waals surface area contributed by atoms with Gasteiger partial charge in [0.2, 0.25) is 26.0 Å². The van der Waals surface area contributed by atoms with E-state index >= 15 is 0 Å². The maximum absolute atomic E-state index is 13.1. The molecule has 0 saturated carbocycles. The van der Waals surface area contributed by atoms with Crippen molar-refractivity contribution in [2.75, 3.05) is 125 Å². The number of thioether (sulfide) groups is 1. The van der Waals surface area contributed by atoms with E-state index in [9.17, 15) is 14.4 Å². The molecule has 1 rings (SSSR count). The average molecular weight is 1350 g/mol. The van der Waals surface area contributed by atoms with Crippen molar-refractivity contribution in [2.24, 2.45) is 0 Å². The molecular weight excluding hydrogens is 1190 g/mol. The number of carbonyl (C=O) groups is 3. The van der Waals surface area contributed by atoms with E-state index in [1.807, 2.05) is 0 Å². The Morgan fingerprint density at radius 2 is 0.828 bits per heavy atom. The van der Waals surface area contributed by atoms with Crippen LogP contribution in [0.25, 0.3) is 0 Å². The number of nitrogens with zero attached hydrogens (tertiary/aromatic N) is 1. The summed E-state index contributed by atoms with van der Waals surface area (Å²) in [7, 11) is -7.72. The highest BCUT2D eigenvalue weighted by Gasteiger charge is 2.41. The molecule has 540 valence electrons. The van der Waals surface area contributed by atoms with Crippen LogP contribution in [0.5, 0.6) is 0 Å². The van der Waals surface area contributed by atoms with Gasteiger partial charge in [-0.2, -0.15) is 0 Å². The normalized spacial score (nSPS) is 13.8. The second-order valence-electron chi connectivity index (χ2n) is 24.9. The topological polar surface area (TPSA) is 177 Å². The van der Waals surface area contributed by atoms with Gasteiger partial charge < -0.3 is 51.8 Å². The molecule has 1 heterocycles. The van der Waals surface area contributed by atoms with Crippen LogP contribution >= 0.6 is 11.8 Å². The molecule has 1 fully saturated rings. The number of rotatable bonds is 40. The molecule has 1 N–H and O–H groups in total. The van der Waals surface area contributed by atoms with Crippen LogP contribution in [0, 0.1) is 0 Å². The summed E-state index contributed by atoms with van der Waals surface area (Å²) in [5.41, 5.74) is 0. The monoisotopic (exact) mass is 1350 g/mol. The molecule has 1 saturated heterocycles. The summed E-state index contributed by atoms with van der Waals surface area (Å²) in [6.45, 7) is 56.4. The first-order valence-electron chi connectivity index (χ1n) is 27.1. The molecule has 0 spiro atoms. The molecule has 3 amide bonds. The van der Waals surface area contributed by atoms with Crippen molar-refractivity contribution in [1.29, 1.82) is 0 Å². The van der Waals surface area contributed by atoms with Gasteiger partial charge in [-0.15, -0.1) is 24.9 Å². The largest absolute Gasteiger partial charge is 0.414 e. The third kappa shape index (κ3) is 48.5. The highest BCUT2D eigenvalue weighted by atomic mass is 32.2. The molecule has 22 heteroatoms. The molecule has 0 bridgehead atoms. The molecule has 0 aliphatic carbocycles. The first kappa shape index (κ1) is 117. The van der Waals surface area contributed by atoms with Gasteiger partial charge in [0.15, 0.2) is 25.0 Å². The second kappa shape index (κ2) is 56.6. The summed E-state index contributed by atoms with van der Waals surface area (Å²) in [5, 5.41) is 2.67. The van der Waals surface area contributed by atoms with Gasteiger partial charge in [0.25, 0.3) is 0 Å². The van der Waals surface area contributed by atoms with Gasteiger partial charge in [-0.1, -0.05) is 172 Å². The lowest BCUT2D eigenvalue weighted by Crippen LogP contribution is -2.42. The Kier molecular flexibility index (Phi) is 75.9. The van der Waals surface area contributed by atoms with Crippen LogP contribution in [0.2, 0.25) is 72.5 Å². The number of carbonyl (C=O) groups excluding carboxylic acids is 3. The zero-order valence-corrected chi connectivity index (χ0v) is 55.8. The summed E-state index contributed by atoms with van der Waals surface area (Å²) in [6.07, 6.45) is -0.561. The molecule has 87 heavy (non-hydrogen) atoms. The Bertz CT molecular complexity index is 1560. The maximum Gasteiger partial charge on any atom is 0.242 e. The van der Waals surface area contributed by atoms with Crippen LogP contribution in [0.3, 0.4) is 0 Å². The highest BCUT2D eigenvalue weighted by Crippen LogP contribution is 2.39. The van der Waals surface area contributed by atoms with Crippen molar-refractivity contribution in [3.63, 3.8) is 0 Å². The lowest BCUT2D eigenvalue weighted by molar-refractivity contribution is -0.245. The van der Waals surface area contributed by atoms with Crippen LogP contribution in [-0.4, -0.2) is 198 Å². The molecule has 17 nitrogen and oxygen atoms in total. The minimum absolute atomic E-state index is 0. The predicted octanol–water partition coefficient (Wildman–Crippen LogP) is 17.7. The van der Waals surface area contributed by atoms with Crippen LogP contribution in [-0.2, 0) is 70.3 Å². The van der Waals surface area contributed by atoms with Gasteiger partial charge in [0, 0.05) is 31.7 Å². The highest BCUT2D eigenvalue weighted by molar-refractivity contribution is 8.00. The number of nitrogens with one attached hydrogen (secondary N) is 1. The minimum atomic E-state index is -2.12. The Morgan fingerprint density at radius 1 is 0.494 bits per heavy atom. The van der Waals surface area contributed by atoms with Crippen molar-refractivity contribution in [2.45, 2.75) is 275 Å². The Morgan fingerprint density at radius 3 is 1.18 bits per heavy atom. The Balaban J connectivity index is -0.000000352. The first-order valence-corrected chi connectivity index (χ1v) is 39.8. The summed E-state index contributed by atoms with van der Waals surface area (Å²) in [4.78, 5) is 45.4. The van der Waals surface area contributed by atoms with Crippen LogP contribution in [0.15, 0.2) is 13.2 Å². The predicted molar refractivity (Wildman–Crippen MR) is 394 cm³/mol. The summed E-state index contributed by atoms with van der Waals surface area (Å²) < 4.78 is 66.3. The number of hydrogen-bond acceptors (Lipinski definition) is 16. The van der Waals surface area contributed by atoms with E-state index in [1.165, 1.54) is 16.7 Å². The smallest absolute Gasteiger partial charge is 0.242 e. The van der Waals surface area contributed by atoms with Gasteiger partial charge in [-0.25, -0.2) is 4.89 Å². The quantitative estimate of drug-likeness (QED) is 0.0153. The zero-order valence-electron chi connectivity index (χ0n) is 51.0. The van der Waals surface area contributed by atoms with Crippen LogP contribution < -0.4 is 5.32 Å². The summed E-state index contributed by atoms with van der Waals surface area (Å²) in [6, 6.07) is 0. The van der Waals surface area contributed by atoms with Crippen molar-refractivity contribution < 1.29 is 70.3 Å². The standard InChI is InChI=1S/C51H106N2O15SSi4.C2H4.12CH4/c1-48(2,3)70(13,14)65-32-27-59-38-42(39-60-28-33-66-71(15,16)49(4,5)6)62-30-25-57-24-22-52-45(54)21-23-53-46(55)37-44(47(53)56)69-36-35-58-26-31-63-43(41-64-68-73(19,20)51(10,11)12)40-61-29-34-67-72(17,18)50(7,8)9;1-2;;;;;;;;;;;;/h42-44H,21-41H2,1-20H3,(H,52,54);1-2H2;12*1H4. The summed E-state index contributed by atoms with van der Waals surface area (Å²) in [5.74, 6) is -0.299. The molecule has 2 unspecified atom stereocenters. The van der Waals surface area contributed by atoms with Gasteiger partial charge >= 0.3 is 0 Å². The molecular formula is C65H158N2O15SSi4. The number of imide groups is 1. The fourth-order valence-corrected chi connectivity index (χ4v) is 10.3. The third-order valence-electron chi connectivity index (χ3n) is 14.8. The molecule has 1 aliphatic rings. The van der Waals surface area contributed by atoms with Gasteiger partial charge in [-0.05, 0) is 72.5 Å². The molecule has 0 aromatic carbocycles. The van der Waals surface area contributed by atoms with Crippen LogP contribution in [0.4, 0.5) is 0 Å². The van der Waals surface area contributed by atoms with E-state index in [-0.39, 0.29) is 178 Å². The molecule has 0 radical (unpaired) electrons. The Labute approximate surface area is 553 Å². The third-order valence-corrected chi connectivity index (χ3v) is 33.7. The number of hydrogen-bond donors (Lipinski definition) is 1. The first-order chi connectivity index (χ1) is 34.5. The maximum atomic E-state index is 13.1. The van der Waals surface area contributed by atoms with E-state index in [0.717, 1.165) is 0 Å². The van der Waals surface area contributed by atoms with E-state index < -0.39 is 38.5 Å². The molecule has 2 atom stereocenters. The van der Waals surface area contributed by atoms with Crippen molar-refractivity contribution in [3.8, 4) is 0 Å². The fraction of sp³-hybridized carbons (Fsp3) is 0.923. The van der Waals surface area contributed by atoms with Crippen molar-refractivity contribution in [3.05, 3.63) is 13.2 Å². The Hall–Kier alpha value is -0.912. The molecule has 0 aromatic heterocycles. The van der Waals surface area contributed by atoms with Crippen molar-refractivity contribution in [1.82, 2.24) is 10.2 Å². The van der Waals surface area contributed by atoms with Crippen molar-refractivity contribution >= 4 is 62.8 Å². The number of ether oxygens (including phenoxy) is 7. The van der Waals surface area contributed by atoms with Gasteiger partial charge in [-0.3, -0.25) is 23.9 Å². The summed E-state index contributed by atoms with van der Waals surface area (Å²) >= 11 is 1.38. The average Bonchev–Trinajstić information content (AvgIpc) is 3.55. The van der Waals surface area contributed by atoms with Gasteiger partial charge in [0.05, 0.1) is 104 Å². The van der Waals surface area contributed by atoms with Gasteiger partial charge in [0.1, 0.15) is 18.8 Å². The number of likely N-dealkylation sites (tertiary alicyclic amines) is 1. The lowest BCUT2D eigenvalue weighted by Gasteiger charge is -2.36. The second-order valence-corrected chi connectivity index (χ2v) is 45.4. The number of amides is 3. The molecule has 1 aliphatic heterocycles. The minimum Gasteiger partial charge on any atom is -0.414 e. The van der Waals surface area contributed by atoms with E-state index in [2.05, 4.69) is 154 Å². The lowest BCUT2D eigenvalue weighted by atomic mass is 10.2. The molecule has 0 aromatic rings.